The number of halogens is 1. The molecule has 7 heteroatoms. The van der Waals surface area contributed by atoms with E-state index in [1.807, 2.05) is 0 Å². The van der Waals surface area contributed by atoms with Crippen LogP contribution in [0.2, 0.25) is 5.15 Å². The smallest absolute Gasteiger partial charge is 0.417 e. The zero-order valence-electron chi connectivity index (χ0n) is 13.6. The molecule has 24 heavy (non-hydrogen) atoms. The SMILES string of the molecule is CC(C)(C)OC(=O)N1CCc2oc(-c3ccnc(Cl)c3)cc2C1=O. The summed E-state index contributed by atoms with van der Waals surface area (Å²) in [5.41, 5.74) is 0.434. The van der Waals surface area contributed by atoms with E-state index < -0.39 is 17.6 Å². The van der Waals surface area contributed by atoms with Crippen molar-refractivity contribution in [3.8, 4) is 11.3 Å². The van der Waals surface area contributed by atoms with Crippen LogP contribution in [-0.2, 0) is 11.2 Å². The van der Waals surface area contributed by atoms with E-state index in [4.69, 9.17) is 20.8 Å². The van der Waals surface area contributed by atoms with E-state index in [0.29, 0.717) is 28.7 Å². The Morgan fingerprint density at radius 2 is 2.12 bits per heavy atom. The van der Waals surface area contributed by atoms with Crippen molar-refractivity contribution in [1.82, 2.24) is 9.88 Å². The van der Waals surface area contributed by atoms with Crippen LogP contribution in [0.3, 0.4) is 0 Å². The van der Waals surface area contributed by atoms with Gasteiger partial charge in [0.15, 0.2) is 0 Å². The zero-order chi connectivity index (χ0) is 17.5. The lowest BCUT2D eigenvalue weighted by Crippen LogP contribution is -2.44. The number of nitrogens with zero attached hydrogens (tertiary/aromatic N) is 2. The number of ether oxygens (including phenoxy) is 1. The Kier molecular flexibility index (Phi) is 4.09. The third kappa shape index (κ3) is 3.28. The molecule has 0 saturated heterocycles. The third-order valence-corrected chi connectivity index (χ3v) is 3.68. The van der Waals surface area contributed by atoms with E-state index >= 15 is 0 Å². The van der Waals surface area contributed by atoms with Crippen molar-refractivity contribution in [2.24, 2.45) is 0 Å². The van der Waals surface area contributed by atoms with Crippen molar-refractivity contribution < 1.29 is 18.7 Å². The normalized spacial score (nSPS) is 14.5. The van der Waals surface area contributed by atoms with Gasteiger partial charge in [-0.15, -0.1) is 0 Å². The molecular weight excluding hydrogens is 332 g/mol. The number of carbonyl (C=O) groups excluding carboxylic acids is 2. The number of rotatable bonds is 1. The van der Waals surface area contributed by atoms with Crippen molar-refractivity contribution in [2.45, 2.75) is 32.8 Å². The van der Waals surface area contributed by atoms with Crippen LogP contribution in [-0.4, -0.2) is 34.0 Å². The number of hydrogen-bond donors (Lipinski definition) is 0. The Bertz CT molecular complexity index is 807. The minimum atomic E-state index is -0.660. The summed E-state index contributed by atoms with van der Waals surface area (Å²) in [6.07, 6.45) is 1.36. The predicted molar refractivity (Wildman–Crippen MR) is 87.9 cm³/mol. The summed E-state index contributed by atoms with van der Waals surface area (Å²) in [6.45, 7) is 5.50. The first-order chi connectivity index (χ1) is 11.2. The van der Waals surface area contributed by atoms with E-state index in [1.54, 1.807) is 45.2 Å². The van der Waals surface area contributed by atoms with Crippen molar-refractivity contribution >= 4 is 23.6 Å². The Morgan fingerprint density at radius 3 is 2.79 bits per heavy atom. The van der Waals surface area contributed by atoms with Crippen LogP contribution in [0.5, 0.6) is 0 Å². The van der Waals surface area contributed by atoms with Crippen molar-refractivity contribution in [2.75, 3.05) is 6.54 Å². The second-order valence-electron chi connectivity index (χ2n) is 6.50. The van der Waals surface area contributed by atoms with Gasteiger partial charge in [-0.3, -0.25) is 4.79 Å². The number of hydrogen-bond acceptors (Lipinski definition) is 5. The third-order valence-electron chi connectivity index (χ3n) is 3.47. The van der Waals surface area contributed by atoms with Crippen LogP contribution in [0.25, 0.3) is 11.3 Å². The summed E-state index contributed by atoms with van der Waals surface area (Å²) in [4.78, 5) is 29.8. The molecule has 3 heterocycles. The average Bonchev–Trinajstić information content (AvgIpc) is 2.90. The molecule has 0 radical (unpaired) electrons. The largest absolute Gasteiger partial charge is 0.460 e. The molecule has 1 aliphatic rings. The lowest BCUT2D eigenvalue weighted by molar-refractivity contribution is 0.0230. The standard InChI is InChI=1S/C17H17ClN2O4/c1-17(2,3)24-16(22)20-7-5-12-11(15(20)21)9-13(23-12)10-4-6-19-14(18)8-10/h4,6,8-9H,5,7H2,1-3H3. The molecule has 2 aromatic heterocycles. The second-order valence-corrected chi connectivity index (χ2v) is 6.89. The number of amides is 2. The molecule has 126 valence electrons. The van der Waals surface area contributed by atoms with Gasteiger partial charge in [-0.25, -0.2) is 14.7 Å². The molecule has 1 aliphatic heterocycles. The molecule has 0 bridgehead atoms. The van der Waals surface area contributed by atoms with Gasteiger partial charge >= 0.3 is 6.09 Å². The van der Waals surface area contributed by atoms with Gasteiger partial charge in [-0.05, 0) is 39.0 Å². The molecular formula is C17H17ClN2O4. The number of furan rings is 1. The molecule has 0 aromatic carbocycles. The van der Waals surface area contributed by atoms with Crippen LogP contribution in [0.4, 0.5) is 4.79 Å². The second kappa shape index (κ2) is 5.94. The van der Waals surface area contributed by atoms with Crippen molar-refractivity contribution in [1.29, 1.82) is 0 Å². The molecule has 2 amide bonds. The molecule has 0 spiro atoms. The number of fused-ring (bicyclic) bond motifs is 1. The van der Waals surface area contributed by atoms with Gasteiger partial charge in [0.1, 0.15) is 22.3 Å². The first-order valence-electron chi connectivity index (χ1n) is 7.54. The summed E-state index contributed by atoms with van der Waals surface area (Å²) >= 11 is 5.89. The van der Waals surface area contributed by atoms with E-state index in [-0.39, 0.29) is 6.54 Å². The molecule has 3 rings (SSSR count). The Hall–Kier alpha value is -2.34. The lowest BCUT2D eigenvalue weighted by Gasteiger charge is -2.27. The van der Waals surface area contributed by atoms with Crippen molar-refractivity contribution in [3.05, 3.63) is 40.9 Å². The Morgan fingerprint density at radius 1 is 1.38 bits per heavy atom. The number of aromatic nitrogens is 1. The average molecular weight is 349 g/mol. The fourth-order valence-corrected chi connectivity index (χ4v) is 2.62. The molecule has 6 nitrogen and oxygen atoms in total. The van der Waals surface area contributed by atoms with E-state index in [2.05, 4.69) is 4.98 Å². The van der Waals surface area contributed by atoms with Crippen LogP contribution in [0.15, 0.2) is 28.8 Å². The Labute approximate surface area is 144 Å². The molecule has 0 saturated carbocycles. The highest BCUT2D eigenvalue weighted by atomic mass is 35.5. The zero-order valence-corrected chi connectivity index (χ0v) is 14.4. The van der Waals surface area contributed by atoms with E-state index in [9.17, 15) is 9.59 Å². The van der Waals surface area contributed by atoms with E-state index in [1.165, 1.54) is 0 Å². The predicted octanol–water partition coefficient (Wildman–Crippen LogP) is 3.93. The van der Waals surface area contributed by atoms with Gasteiger partial charge in [-0.1, -0.05) is 11.6 Å². The van der Waals surface area contributed by atoms with Crippen LogP contribution >= 0.6 is 11.6 Å². The van der Waals surface area contributed by atoms with Crippen molar-refractivity contribution in [3.63, 3.8) is 0 Å². The van der Waals surface area contributed by atoms with Crippen LogP contribution < -0.4 is 0 Å². The molecule has 0 unspecified atom stereocenters. The number of carbonyl (C=O) groups is 2. The van der Waals surface area contributed by atoms with Gasteiger partial charge in [0, 0.05) is 24.7 Å². The molecule has 0 atom stereocenters. The lowest BCUT2D eigenvalue weighted by atomic mass is 10.1. The number of pyridine rings is 1. The topological polar surface area (TPSA) is 72.6 Å². The van der Waals surface area contributed by atoms with Crippen LogP contribution in [0.1, 0.15) is 36.9 Å². The highest BCUT2D eigenvalue weighted by Crippen LogP contribution is 2.30. The minimum Gasteiger partial charge on any atom is -0.460 e. The summed E-state index contributed by atoms with van der Waals surface area (Å²) < 4.78 is 11.0. The number of imide groups is 1. The molecule has 0 fully saturated rings. The molecule has 2 aromatic rings. The van der Waals surface area contributed by atoms with Crippen LogP contribution in [0, 0.1) is 0 Å². The van der Waals surface area contributed by atoms with E-state index in [0.717, 1.165) is 10.5 Å². The monoisotopic (exact) mass is 348 g/mol. The van der Waals surface area contributed by atoms with Gasteiger partial charge in [-0.2, -0.15) is 0 Å². The first kappa shape index (κ1) is 16.5. The highest BCUT2D eigenvalue weighted by Gasteiger charge is 2.34. The molecule has 0 N–H and O–H groups in total. The summed E-state index contributed by atoms with van der Waals surface area (Å²) in [6, 6.07) is 5.02. The quantitative estimate of drug-likeness (QED) is 0.730. The maximum atomic E-state index is 12.6. The van der Waals surface area contributed by atoms with Gasteiger partial charge < -0.3 is 9.15 Å². The minimum absolute atomic E-state index is 0.227. The Balaban J connectivity index is 1.87. The fourth-order valence-electron chi connectivity index (χ4n) is 2.44. The maximum absolute atomic E-state index is 12.6. The summed E-state index contributed by atoms with van der Waals surface area (Å²) in [7, 11) is 0. The van der Waals surface area contributed by atoms with Gasteiger partial charge in [0.05, 0.1) is 5.56 Å². The summed E-state index contributed by atoms with van der Waals surface area (Å²) in [5, 5.41) is 0.337. The fraction of sp³-hybridized carbons (Fsp3) is 0.353. The first-order valence-corrected chi connectivity index (χ1v) is 7.92. The maximum Gasteiger partial charge on any atom is 0.417 e. The highest BCUT2D eigenvalue weighted by molar-refractivity contribution is 6.29. The van der Waals surface area contributed by atoms with Gasteiger partial charge in [0.2, 0.25) is 0 Å². The van der Waals surface area contributed by atoms with Gasteiger partial charge in [0.25, 0.3) is 5.91 Å². The molecule has 0 aliphatic carbocycles. The summed E-state index contributed by atoms with van der Waals surface area (Å²) in [5.74, 6) is 0.659.